The van der Waals surface area contributed by atoms with E-state index in [1.54, 1.807) is 0 Å². The van der Waals surface area contributed by atoms with Gasteiger partial charge in [0.15, 0.2) is 0 Å². The Morgan fingerprint density at radius 2 is 2.10 bits per heavy atom. The number of hydrogen-bond acceptors (Lipinski definition) is 2. The molecule has 2 nitrogen and oxygen atoms in total. The highest BCUT2D eigenvalue weighted by molar-refractivity contribution is 5.75. The predicted octanol–water partition coefficient (Wildman–Crippen LogP) is 5.40. The van der Waals surface area contributed by atoms with E-state index in [-0.39, 0.29) is 11.9 Å². The number of carbonyl (C=O) groups is 1. The van der Waals surface area contributed by atoms with Gasteiger partial charge in [0.1, 0.15) is 0 Å². The summed E-state index contributed by atoms with van der Waals surface area (Å²) in [6, 6.07) is 0. The van der Waals surface area contributed by atoms with Crippen LogP contribution in [-0.2, 0) is 9.53 Å². The Hall–Kier alpha value is -1.18. The zero-order valence-electron chi connectivity index (χ0n) is 13.8. The third-order valence-electron chi connectivity index (χ3n) is 4.17. The summed E-state index contributed by atoms with van der Waals surface area (Å²) in [5.41, 5.74) is 1.25. The van der Waals surface area contributed by atoms with Crippen LogP contribution in [0.1, 0.15) is 71.1 Å². The van der Waals surface area contributed by atoms with E-state index < -0.39 is 0 Å². The maximum Gasteiger partial charge on any atom is 0.301 e. The molecule has 0 aliphatic heterocycles. The number of unbranched alkanes of at least 4 members (excludes halogenated alkanes) is 3. The summed E-state index contributed by atoms with van der Waals surface area (Å²) < 4.78 is 4.98. The van der Waals surface area contributed by atoms with Crippen LogP contribution in [0.15, 0.2) is 23.8 Å². The Morgan fingerprint density at radius 1 is 1.29 bits per heavy atom. The molecule has 1 rings (SSSR count). The van der Waals surface area contributed by atoms with Crippen molar-refractivity contribution in [3.63, 3.8) is 0 Å². The predicted molar refractivity (Wildman–Crippen MR) is 88.9 cm³/mol. The molecule has 0 aromatic rings. The van der Waals surface area contributed by atoms with Gasteiger partial charge in [0.2, 0.25) is 0 Å². The van der Waals surface area contributed by atoms with E-state index >= 15 is 0 Å². The molecule has 1 aliphatic rings. The van der Waals surface area contributed by atoms with Crippen molar-refractivity contribution in [2.24, 2.45) is 5.92 Å². The summed E-state index contributed by atoms with van der Waals surface area (Å²) in [6.45, 7) is 2.22. The van der Waals surface area contributed by atoms with Crippen LogP contribution < -0.4 is 0 Å². The van der Waals surface area contributed by atoms with Gasteiger partial charge >= 0.3 is 5.97 Å². The van der Waals surface area contributed by atoms with Gasteiger partial charge in [-0.15, -0.1) is 0 Å². The van der Waals surface area contributed by atoms with Crippen LogP contribution in [0.2, 0.25) is 0 Å². The van der Waals surface area contributed by atoms with Crippen LogP contribution in [0, 0.1) is 12.3 Å². The fraction of sp³-hybridized carbons (Fsp3) is 0.684. The molecule has 0 amide bonds. The lowest BCUT2D eigenvalue weighted by atomic mass is 9.86. The number of ether oxygens (including phenoxy) is 1. The molecule has 0 spiro atoms. The summed E-state index contributed by atoms with van der Waals surface area (Å²) in [4.78, 5) is 12.0. The van der Waals surface area contributed by atoms with Crippen molar-refractivity contribution in [1.82, 2.24) is 0 Å². The maximum absolute atomic E-state index is 12.0. The second kappa shape index (κ2) is 11.5. The van der Waals surface area contributed by atoms with E-state index in [4.69, 9.17) is 4.74 Å². The SMILES string of the molecule is CCCCCC=C[CH-]C=C1CCCCCCC1C(=O)OC. The smallest absolute Gasteiger partial charge is 0.301 e. The molecule has 0 bridgehead atoms. The number of rotatable bonds is 7. The zero-order valence-corrected chi connectivity index (χ0v) is 13.8. The average Bonchev–Trinajstić information content (AvgIpc) is 2.47. The lowest BCUT2D eigenvalue weighted by molar-refractivity contribution is -0.144. The first kappa shape index (κ1) is 17.9. The number of methoxy groups -OCH3 is 1. The van der Waals surface area contributed by atoms with Gasteiger partial charge < -0.3 is 4.74 Å². The molecule has 1 unspecified atom stereocenters. The van der Waals surface area contributed by atoms with Crippen LogP contribution in [-0.4, -0.2) is 13.1 Å². The minimum absolute atomic E-state index is 0.0277. The van der Waals surface area contributed by atoms with Crippen LogP contribution in [0.25, 0.3) is 0 Å². The van der Waals surface area contributed by atoms with E-state index in [0.717, 1.165) is 25.7 Å². The monoisotopic (exact) mass is 291 g/mol. The summed E-state index contributed by atoms with van der Waals surface area (Å²) in [7, 11) is 1.50. The first-order valence-corrected chi connectivity index (χ1v) is 8.56. The first-order valence-electron chi connectivity index (χ1n) is 8.56. The highest BCUT2D eigenvalue weighted by Crippen LogP contribution is 2.28. The normalized spacial score (nSPS) is 22.0. The number of allylic oxidation sites excluding steroid dienone is 3. The van der Waals surface area contributed by atoms with Crippen molar-refractivity contribution in [1.29, 1.82) is 0 Å². The third-order valence-corrected chi connectivity index (χ3v) is 4.17. The highest BCUT2D eigenvalue weighted by atomic mass is 16.5. The summed E-state index contributed by atoms with van der Waals surface area (Å²) in [6.07, 6.45) is 20.4. The summed E-state index contributed by atoms with van der Waals surface area (Å²) in [5, 5.41) is 0. The molecule has 0 aromatic carbocycles. The Labute approximate surface area is 130 Å². The molecular weight excluding hydrogens is 260 g/mol. The van der Waals surface area contributed by atoms with Gasteiger partial charge in [-0.3, -0.25) is 4.79 Å². The third kappa shape index (κ3) is 7.40. The average molecular weight is 291 g/mol. The van der Waals surface area contributed by atoms with E-state index in [0.29, 0.717) is 0 Å². The second-order valence-electron chi connectivity index (χ2n) is 5.89. The lowest BCUT2D eigenvalue weighted by Crippen LogP contribution is -2.20. The largest absolute Gasteiger partial charge is 0.469 e. The van der Waals surface area contributed by atoms with Crippen molar-refractivity contribution in [2.45, 2.75) is 71.1 Å². The topological polar surface area (TPSA) is 26.3 Å². The molecule has 0 radical (unpaired) electrons. The lowest BCUT2D eigenvalue weighted by Gasteiger charge is -2.25. The molecular formula is C19H31O2-. The Bertz CT molecular complexity index is 341. The molecule has 2 heteroatoms. The van der Waals surface area contributed by atoms with Crippen molar-refractivity contribution >= 4 is 5.97 Å². The summed E-state index contributed by atoms with van der Waals surface area (Å²) >= 11 is 0. The minimum atomic E-state index is -0.0662. The van der Waals surface area contributed by atoms with Crippen LogP contribution in [0.4, 0.5) is 0 Å². The molecule has 0 N–H and O–H groups in total. The van der Waals surface area contributed by atoms with E-state index in [2.05, 4.69) is 31.6 Å². The van der Waals surface area contributed by atoms with Gasteiger partial charge in [0.25, 0.3) is 0 Å². The molecule has 1 saturated carbocycles. The van der Waals surface area contributed by atoms with E-state index in [1.807, 2.05) is 0 Å². The summed E-state index contributed by atoms with van der Waals surface area (Å²) in [5.74, 6) is -0.0940. The van der Waals surface area contributed by atoms with Crippen molar-refractivity contribution in [2.75, 3.05) is 7.11 Å². The molecule has 1 aliphatic carbocycles. The second-order valence-corrected chi connectivity index (χ2v) is 5.89. The molecule has 0 saturated heterocycles. The zero-order chi connectivity index (χ0) is 15.3. The van der Waals surface area contributed by atoms with Crippen LogP contribution in [0.3, 0.4) is 0 Å². The molecule has 120 valence electrons. The Morgan fingerprint density at radius 3 is 2.86 bits per heavy atom. The van der Waals surface area contributed by atoms with Crippen molar-refractivity contribution in [3.8, 4) is 0 Å². The minimum Gasteiger partial charge on any atom is -0.469 e. The van der Waals surface area contributed by atoms with Gasteiger partial charge in [0.05, 0.1) is 7.11 Å². The van der Waals surface area contributed by atoms with Gasteiger partial charge in [-0.2, -0.15) is 30.2 Å². The van der Waals surface area contributed by atoms with Crippen LogP contribution in [0.5, 0.6) is 0 Å². The van der Waals surface area contributed by atoms with Crippen LogP contribution >= 0.6 is 0 Å². The van der Waals surface area contributed by atoms with Crippen molar-refractivity contribution in [3.05, 3.63) is 30.2 Å². The molecule has 1 atom stereocenters. The molecule has 0 aromatic heterocycles. The Balaban J connectivity index is 2.51. The first-order chi connectivity index (χ1) is 10.3. The van der Waals surface area contributed by atoms with E-state index in [9.17, 15) is 4.79 Å². The quantitative estimate of drug-likeness (QED) is 0.357. The van der Waals surface area contributed by atoms with E-state index in [1.165, 1.54) is 51.2 Å². The van der Waals surface area contributed by atoms with Gasteiger partial charge in [-0.1, -0.05) is 64.7 Å². The molecule has 1 fully saturated rings. The highest BCUT2D eigenvalue weighted by Gasteiger charge is 2.20. The number of esters is 1. The fourth-order valence-corrected chi connectivity index (χ4v) is 2.87. The number of carbonyl (C=O) groups excluding carboxylic acids is 1. The maximum atomic E-state index is 12.0. The molecule has 0 heterocycles. The van der Waals surface area contributed by atoms with Crippen molar-refractivity contribution < 1.29 is 9.53 Å². The molecule has 21 heavy (non-hydrogen) atoms. The van der Waals surface area contributed by atoms with Gasteiger partial charge in [0, 0.05) is 5.92 Å². The fourth-order valence-electron chi connectivity index (χ4n) is 2.87. The van der Waals surface area contributed by atoms with Gasteiger partial charge in [-0.05, 0) is 6.42 Å². The standard InChI is InChI=1S/C19H31O2/c1-3-4-5-6-7-8-11-14-17-15-12-9-10-13-16-18(17)19(20)21-2/h7-8,11,14,18H,3-6,9-10,12-13,15-16H2,1-2H3/q-1. The van der Waals surface area contributed by atoms with Gasteiger partial charge in [-0.25, -0.2) is 0 Å². The number of hydrogen-bond donors (Lipinski definition) is 0. The Kier molecular flexibility index (Phi) is 9.77.